The van der Waals surface area contributed by atoms with E-state index < -0.39 is 5.60 Å². The molecular formula is C25H35N3O3. The Hall–Kier alpha value is -2.60. The smallest absolute Gasteiger partial charge is 0.410 e. The van der Waals surface area contributed by atoms with Crippen molar-refractivity contribution in [1.82, 2.24) is 15.2 Å². The van der Waals surface area contributed by atoms with Gasteiger partial charge in [-0.3, -0.25) is 4.98 Å². The molecule has 1 N–H and O–H groups in total. The van der Waals surface area contributed by atoms with Gasteiger partial charge in [-0.15, -0.1) is 0 Å². The number of aromatic nitrogens is 1. The highest BCUT2D eigenvalue weighted by molar-refractivity contribution is 5.68. The van der Waals surface area contributed by atoms with E-state index in [0.717, 1.165) is 54.7 Å². The van der Waals surface area contributed by atoms with Crippen molar-refractivity contribution >= 4 is 6.09 Å². The summed E-state index contributed by atoms with van der Waals surface area (Å²) in [7, 11) is 3.56. The van der Waals surface area contributed by atoms with Crippen LogP contribution in [0.3, 0.4) is 0 Å². The van der Waals surface area contributed by atoms with Crippen LogP contribution in [-0.2, 0) is 11.3 Å². The van der Waals surface area contributed by atoms with Crippen molar-refractivity contribution in [2.75, 3.05) is 14.2 Å². The van der Waals surface area contributed by atoms with Crippen LogP contribution in [0.2, 0.25) is 0 Å². The molecule has 1 aromatic heterocycles. The molecule has 31 heavy (non-hydrogen) atoms. The van der Waals surface area contributed by atoms with E-state index in [4.69, 9.17) is 9.47 Å². The van der Waals surface area contributed by atoms with E-state index in [1.807, 2.05) is 58.4 Å². The maximum Gasteiger partial charge on any atom is 0.410 e. The molecule has 0 aliphatic heterocycles. The van der Waals surface area contributed by atoms with Crippen molar-refractivity contribution in [2.45, 2.75) is 70.7 Å². The average Bonchev–Trinajstić information content (AvgIpc) is 2.76. The number of methoxy groups -OCH3 is 1. The molecule has 1 aliphatic carbocycles. The molecule has 0 atom stereocenters. The molecule has 6 nitrogen and oxygen atoms in total. The first kappa shape index (κ1) is 23.1. The van der Waals surface area contributed by atoms with E-state index >= 15 is 0 Å². The van der Waals surface area contributed by atoms with Gasteiger partial charge < -0.3 is 19.7 Å². The van der Waals surface area contributed by atoms with Gasteiger partial charge in [-0.1, -0.05) is 6.07 Å². The molecule has 1 aliphatic rings. The monoisotopic (exact) mass is 425 g/mol. The Morgan fingerprint density at radius 3 is 2.39 bits per heavy atom. The molecule has 2 aromatic rings. The van der Waals surface area contributed by atoms with E-state index in [0.29, 0.717) is 6.04 Å². The molecule has 6 heteroatoms. The lowest BCUT2D eigenvalue weighted by Crippen LogP contribution is -2.44. The van der Waals surface area contributed by atoms with E-state index in [-0.39, 0.29) is 12.1 Å². The summed E-state index contributed by atoms with van der Waals surface area (Å²) in [6.45, 7) is 6.45. The fraction of sp³-hybridized carbons (Fsp3) is 0.520. The minimum absolute atomic E-state index is 0.234. The summed E-state index contributed by atoms with van der Waals surface area (Å²) >= 11 is 0. The van der Waals surface area contributed by atoms with Gasteiger partial charge in [-0.2, -0.15) is 0 Å². The molecule has 0 bridgehead atoms. The van der Waals surface area contributed by atoms with Crippen molar-refractivity contribution in [2.24, 2.45) is 0 Å². The molecule has 1 amide bonds. The third kappa shape index (κ3) is 6.44. The van der Waals surface area contributed by atoms with Gasteiger partial charge in [-0.25, -0.2) is 4.79 Å². The number of pyridine rings is 1. The van der Waals surface area contributed by atoms with Crippen molar-refractivity contribution in [3.63, 3.8) is 0 Å². The van der Waals surface area contributed by atoms with Gasteiger partial charge in [0.15, 0.2) is 0 Å². The zero-order chi connectivity index (χ0) is 22.4. The number of amides is 1. The van der Waals surface area contributed by atoms with Gasteiger partial charge in [0, 0.05) is 43.6 Å². The highest BCUT2D eigenvalue weighted by Gasteiger charge is 2.29. The molecule has 0 spiro atoms. The van der Waals surface area contributed by atoms with E-state index in [1.54, 1.807) is 12.0 Å². The molecule has 0 unspecified atom stereocenters. The number of nitrogens with one attached hydrogen (secondary N) is 1. The summed E-state index contributed by atoms with van der Waals surface area (Å²) in [6, 6.07) is 11.0. The van der Waals surface area contributed by atoms with Crippen LogP contribution in [0, 0.1) is 0 Å². The number of hydrogen-bond acceptors (Lipinski definition) is 5. The molecule has 168 valence electrons. The summed E-state index contributed by atoms with van der Waals surface area (Å²) in [4.78, 5) is 18.2. The van der Waals surface area contributed by atoms with Gasteiger partial charge in [-0.05, 0) is 81.8 Å². The normalized spacial score (nSPS) is 19.0. The SMILES string of the molecule is COc1ccc(-c2ccncc2)cc1CN[C@H]1CC[C@H](N(C)C(=O)OC(C)(C)C)CC1. The van der Waals surface area contributed by atoms with Gasteiger partial charge in [0.05, 0.1) is 7.11 Å². The summed E-state index contributed by atoms with van der Waals surface area (Å²) < 4.78 is 11.1. The van der Waals surface area contributed by atoms with Crippen LogP contribution >= 0.6 is 0 Å². The van der Waals surface area contributed by atoms with Crippen LogP contribution < -0.4 is 10.1 Å². The maximum atomic E-state index is 12.3. The quantitative estimate of drug-likeness (QED) is 0.704. The summed E-state index contributed by atoms with van der Waals surface area (Å²) in [5.74, 6) is 0.892. The first-order chi connectivity index (χ1) is 14.8. The van der Waals surface area contributed by atoms with Crippen LogP contribution in [0.25, 0.3) is 11.1 Å². The van der Waals surface area contributed by atoms with Crippen LogP contribution in [-0.4, -0.2) is 47.8 Å². The number of hydrogen-bond donors (Lipinski definition) is 1. The molecule has 1 heterocycles. The zero-order valence-corrected chi connectivity index (χ0v) is 19.4. The van der Waals surface area contributed by atoms with Crippen LogP contribution in [0.4, 0.5) is 4.79 Å². The molecule has 3 rings (SSSR count). The predicted molar refractivity (Wildman–Crippen MR) is 123 cm³/mol. The summed E-state index contributed by atoms with van der Waals surface area (Å²) in [6.07, 6.45) is 7.40. The minimum Gasteiger partial charge on any atom is -0.496 e. The van der Waals surface area contributed by atoms with Gasteiger partial charge in [0.1, 0.15) is 11.4 Å². The summed E-state index contributed by atoms with van der Waals surface area (Å²) in [5, 5.41) is 3.69. The largest absolute Gasteiger partial charge is 0.496 e. The Morgan fingerprint density at radius 1 is 1.10 bits per heavy atom. The Balaban J connectivity index is 1.55. The van der Waals surface area contributed by atoms with Crippen molar-refractivity contribution in [1.29, 1.82) is 0 Å². The van der Waals surface area contributed by atoms with Crippen LogP contribution in [0.15, 0.2) is 42.7 Å². The second kappa shape index (κ2) is 10.1. The fourth-order valence-corrected chi connectivity index (χ4v) is 4.05. The molecule has 1 aromatic carbocycles. The second-order valence-corrected chi connectivity index (χ2v) is 9.24. The number of carbonyl (C=O) groups is 1. The lowest BCUT2D eigenvalue weighted by atomic mass is 9.90. The third-order valence-electron chi connectivity index (χ3n) is 5.80. The van der Waals surface area contributed by atoms with Crippen molar-refractivity contribution < 1.29 is 14.3 Å². The van der Waals surface area contributed by atoms with Crippen molar-refractivity contribution in [3.05, 3.63) is 48.3 Å². The Morgan fingerprint density at radius 2 is 1.77 bits per heavy atom. The Kier molecular flexibility index (Phi) is 7.55. The highest BCUT2D eigenvalue weighted by atomic mass is 16.6. The standard InChI is InChI=1S/C25H35N3O3/c1-25(2,3)31-24(29)28(4)22-9-7-21(8-10-22)27-17-20-16-19(6-11-23(20)30-5)18-12-14-26-15-13-18/h6,11-16,21-22,27H,7-10,17H2,1-5H3/t21-,22-. The van der Waals surface area contributed by atoms with E-state index in [9.17, 15) is 4.79 Å². The van der Waals surface area contributed by atoms with Gasteiger partial charge in [0.25, 0.3) is 0 Å². The summed E-state index contributed by atoms with van der Waals surface area (Å²) in [5.41, 5.74) is 2.98. The molecular weight excluding hydrogens is 390 g/mol. The van der Waals surface area contributed by atoms with E-state index in [2.05, 4.69) is 22.4 Å². The Bertz CT molecular complexity index is 856. The second-order valence-electron chi connectivity index (χ2n) is 9.24. The molecule has 0 radical (unpaired) electrons. The Labute approximate surface area is 186 Å². The number of benzene rings is 1. The first-order valence-electron chi connectivity index (χ1n) is 11.0. The molecule has 1 fully saturated rings. The van der Waals surface area contributed by atoms with Gasteiger partial charge in [0.2, 0.25) is 0 Å². The minimum atomic E-state index is -0.464. The first-order valence-corrected chi connectivity index (χ1v) is 11.0. The highest BCUT2D eigenvalue weighted by Crippen LogP contribution is 2.28. The van der Waals surface area contributed by atoms with Crippen LogP contribution in [0.1, 0.15) is 52.0 Å². The average molecular weight is 426 g/mol. The molecule has 0 saturated heterocycles. The topological polar surface area (TPSA) is 63.7 Å². The predicted octanol–water partition coefficient (Wildman–Crippen LogP) is 5.02. The van der Waals surface area contributed by atoms with E-state index in [1.165, 1.54) is 0 Å². The lowest BCUT2D eigenvalue weighted by Gasteiger charge is -2.36. The zero-order valence-electron chi connectivity index (χ0n) is 19.4. The molecule has 1 saturated carbocycles. The maximum absolute atomic E-state index is 12.3. The number of ether oxygens (including phenoxy) is 2. The third-order valence-corrected chi connectivity index (χ3v) is 5.80. The van der Waals surface area contributed by atoms with Crippen molar-refractivity contribution in [3.8, 4) is 16.9 Å². The lowest BCUT2D eigenvalue weighted by molar-refractivity contribution is 0.0179. The number of nitrogens with zero attached hydrogens (tertiary/aromatic N) is 2. The number of rotatable bonds is 6. The fourth-order valence-electron chi connectivity index (χ4n) is 4.05. The number of carbonyl (C=O) groups excluding carboxylic acids is 1. The van der Waals surface area contributed by atoms with Gasteiger partial charge >= 0.3 is 6.09 Å². The van der Waals surface area contributed by atoms with Crippen LogP contribution in [0.5, 0.6) is 5.75 Å².